The van der Waals surface area contributed by atoms with E-state index in [1.165, 1.54) is 0 Å². The highest BCUT2D eigenvalue weighted by Gasteiger charge is 2.25. The van der Waals surface area contributed by atoms with E-state index in [9.17, 15) is 4.79 Å². The topological polar surface area (TPSA) is 47.6 Å². The molecule has 1 aromatic rings. The molecule has 0 spiro atoms. The summed E-state index contributed by atoms with van der Waals surface area (Å²) in [6.45, 7) is 12.1. The van der Waals surface area contributed by atoms with Crippen LogP contribution in [0, 0.1) is 0 Å². The van der Waals surface area contributed by atoms with Crippen molar-refractivity contribution in [2.45, 2.75) is 26.3 Å². The number of carbonyl (C=O) groups excluding carboxylic acids is 1. The maximum atomic E-state index is 12.8. The fraction of sp³-hybridized carbons (Fsp3) is 0.632. The molecule has 0 saturated carbocycles. The number of likely N-dealkylation sites (N-methyl/N-ethyl adjacent to an activating group) is 1. The zero-order valence-corrected chi connectivity index (χ0v) is 15.1. The Bertz CT molecular complexity index is 470. The van der Waals surface area contributed by atoms with E-state index < -0.39 is 0 Å². The number of piperazine rings is 1. The molecule has 1 atom stereocenters. The van der Waals surface area contributed by atoms with E-state index in [-0.39, 0.29) is 11.9 Å². The van der Waals surface area contributed by atoms with Gasteiger partial charge in [0, 0.05) is 32.7 Å². The van der Waals surface area contributed by atoms with Gasteiger partial charge in [0.05, 0.1) is 0 Å². The highest BCUT2D eigenvalue weighted by molar-refractivity contribution is 5.83. The van der Waals surface area contributed by atoms with Crippen molar-refractivity contribution in [3.8, 4) is 0 Å². The zero-order chi connectivity index (χ0) is 17.2. The van der Waals surface area contributed by atoms with Crippen LogP contribution in [0.1, 0.15) is 31.9 Å². The SMILES string of the molecule is CCN(CC)C(C(=O)NCCCN1CCNCC1)c1ccccc1. The number of benzene rings is 1. The predicted molar refractivity (Wildman–Crippen MR) is 99.0 cm³/mol. The molecule has 1 unspecified atom stereocenters. The number of nitrogens with one attached hydrogen (secondary N) is 2. The third-order valence-corrected chi connectivity index (χ3v) is 4.70. The van der Waals surface area contributed by atoms with Crippen LogP contribution in [-0.4, -0.2) is 68.1 Å². The van der Waals surface area contributed by atoms with E-state index in [4.69, 9.17) is 0 Å². The van der Waals surface area contributed by atoms with Crippen molar-refractivity contribution in [3.63, 3.8) is 0 Å². The van der Waals surface area contributed by atoms with E-state index >= 15 is 0 Å². The molecule has 1 fully saturated rings. The van der Waals surface area contributed by atoms with Gasteiger partial charge in [-0.2, -0.15) is 0 Å². The maximum Gasteiger partial charge on any atom is 0.241 e. The quantitative estimate of drug-likeness (QED) is 0.673. The molecule has 1 saturated heterocycles. The summed E-state index contributed by atoms with van der Waals surface area (Å²) in [6.07, 6.45) is 1.01. The van der Waals surface area contributed by atoms with Gasteiger partial charge in [-0.15, -0.1) is 0 Å². The Morgan fingerprint density at radius 3 is 2.50 bits per heavy atom. The second-order valence-corrected chi connectivity index (χ2v) is 6.27. The Morgan fingerprint density at radius 2 is 1.88 bits per heavy atom. The van der Waals surface area contributed by atoms with Gasteiger partial charge >= 0.3 is 0 Å². The molecule has 0 radical (unpaired) electrons. The van der Waals surface area contributed by atoms with Crippen LogP contribution >= 0.6 is 0 Å². The molecule has 5 nitrogen and oxygen atoms in total. The van der Waals surface area contributed by atoms with Crippen molar-refractivity contribution in [2.75, 3.05) is 52.4 Å². The minimum Gasteiger partial charge on any atom is -0.354 e. The first-order chi connectivity index (χ1) is 11.8. The molecule has 0 aromatic heterocycles. The molecular formula is C19H32N4O. The summed E-state index contributed by atoms with van der Waals surface area (Å²) in [5.74, 6) is 0.116. The molecule has 2 rings (SSSR count). The standard InChI is InChI=1S/C19H32N4O/c1-3-23(4-2)18(17-9-6-5-7-10-17)19(24)21-11-8-14-22-15-12-20-13-16-22/h5-7,9-10,18,20H,3-4,8,11-16H2,1-2H3,(H,21,24). The van der Waals surface area contributed by atoms with E-state index in [0.717, 1.165) is 64.3 Å². The van der Waals surface area contributed by atoms with Gasteiger partial charge in [-0.3, -0.25) is 9.69 Å². The fourth-order valence-electron chi connectivity index (χ4n) is 3.30. The van der Waals surface area contributed by atoms with Crippen molar-refractivity contribution < 1.29 is 4.79 Å². The van der Waals surface area contributed by atoms with Crippen LogP contribution in [0.3, 0.4) is 0 Å². The minimum atomic E-state index is -0.194. The van der Waals surface area contributed by atoms with E-state index in [2.05, 4.69) is 34.3 Å². The molecule has 134 valence electrons. The largest absolute Gasteiger partial charge is 0.354 e. The maximum absolute atomic E-state index is 12.8. The van der Waals surface area contributed by atoms with E-state index in [1.807, 2.05) is 30.3 Å². The summed E-state index contributed by atoms with van der Waals surface area (Å²) in [7, 11) is 0. The summed E-state index contributed by atoms with van der Waals surface area (Å²) in [5, 5.41) is 6.51. The Labute approximate surface area is 146 Å². The number of carbonyl (C=O) groups is 1. The average Bonchev–Trinajstić information content (AvgIpc) is 2.64. The summed E-state index contributed by atoms with van der Waals surface area (Å²) < 4.78 is 0. The van der Waals surface area contributed by atoms with E-state index in [1.54, 1.807) is 0 Å². The van der Waals surface area contributed by atoms with E-state index in [0.29, 0.717) is 0 Å². The fourth-order valence-corrected chi connectivity index (χ4v) is 3.30. The van der Waals surface area contributed by atoms with Crippen LogP contribution < -0.4 is 10.6 Å². The third-order valence-electron chi connectivity index (χ3n) is 4.70. The molecule has 1 heterocycles. The highest BCUT2D eigenvalue weighted by Crippen LogP contribution is 2.20. The average molecular weight is 332 g/mol. The van der Waals surface area contributed by atoms with Gasteiger partial charge in [0.2, 0.25) is 5.91 Å². The molecule has 1 aliphatic rings. The first kappa shape index (κ1) is 18.9. The molecule has 1 amide bonds. The Kier molecular flexibility index (Phi) is 8.22. The Balaban J connectivity index is 1.85. The lowest BCUT2D eigenvalue weighted by molar-refractivity contribution is -0.126. The Hall–Kier alpha value is -1.43. The lowest BCUT2D eigenvalue weighted by atomic mass is 10.0. The van der Waals surface area contributed by atoms with Gasteiger partial charge in [0.25, 0.3) is 0 Å². The Morgan fingerprint density at radius 1 is 1.21 bits per heavy atom. The molecule has 0 bridgehead atoms. The third kappa shape index (κ3) is 5.58. The summed E-state index contributed by atoms with van der Waals surface area (Å²) in [5.41, 5.74) is 1.07. The molecule has 2 N–H and O–H groups in total. The normalized spacial score (nSPS) is 17.0. The van der Waals surface area contributed by atoms with Gasteiger partial charge in [-0.05, 0) is 31.6 Å². The van der Waals surface area contributed by atoms with Crippen LogP contribution in [0.2, 0.25) is 0 Å². The predicted octanol–water partition coefficient (Wildman–Crippen LogP) is 1.48. The smallest absolute Gasteiger partial charge is 0.241 e. The van der Waals surface area contributed by atoms with Gasteiger partial charge in [0.15, 0.2) is 0 Å². The summed E-state index contributed by atoms with van der Waals surface area (Å²) in [6, 6.07) is 9.90. The summed E-state index contributed by atoms with van der Waals surface area (Å²) in [4.78, 5) is 17.4. The van der Waals surface area contributed by atoms with Crippen molar-refractivity contribution in [2.24, 2.45) is 0 Å². The van der Waals surface area contributed by atoms with Gasteiger partial charge < -0.3 is 15.5 Å². The molecule has 5 heteroatoms. The lowest BCUT2D eigenvalue weighted by Gasteiger charge is -2.29. The van der Waals surface area contributed by atoms with Crippen molar-refractivity contribution >= 4 is 5.91 Å². The second-order valence-electron chi connectivity index (χ2n) is 6.27. The number of nitrogens with zero attached hydrogens (tertiary/aromatic N) is 2. The first-order valence-corrected chi connectivity index (χ1v) is 9.26. The van der Waals surface area contributed by atoms with Crippen LogP contribution in [0.4, 0.5) is 0 Å². The first-order valence-electron chi connectivity index (χ1n) is 9.26. The number of hydrogen-bond acceptors (Lipinski definition) is 4. The van der Waals surface area contributed by atoms with Gasteiger partial charge in [-0.1, -0.05) is 44.2 Å². The van der Waals surface area contributed by atoms with Crippen molar-refractivity contribution in [1.29, 1.82) is 0 Å². The number of amides is 1. The van der Waals surface area contributed by atoms with Crippen molar-refractivity contribution in [3.05, 3.63) is 35.9 Å². The lowest BCUT2D eigenvalue weighted by Crippen LogP contribution is -2.45. The van der Waals surface area contributed by atoms with Crippen LogP contribution in [0.15, 0.2) is 30.3 Å². The van der Waals surface area contributed by atoms with Crippen LogP contribution in [-0.2, 0) is 4.79 Å². The molecular weight excluding hydrogens is 300 g/mol. The van der Waals surface area contributed by atoms with Crippen molar-refractivity contribution in [1.82, 2.24) is 20.4 Å². The van der Waals surface area contributed by atoms with Crippen LogP contribution in [0.25, 0.3) is 0 Å². The molecule has 24 heavy (non-hydrogen) atoms. The minimum absolute atomic E-state index is 0.116. The van der Waals surface area contributed by atoms with Crippen LogP contribution in [0.5, 0.6) is 0 Å². The second kappa shape index (κ2) is 10.4. The number of rotatable bonds is 9. The number of hydrogen-bond donors (Lipinski definition) is 2. The zero-order valence-electron chi connectivity index (χ0n) is 15.1. The van der Waals surface area contributed by atoms with Gasteiger partial charge in [-0.25, -0.2) is 0 Å². The molecule has 0 aliphatic carbocycles. The monoisotopic (exact) mass is 332 g/mol. The summed E-state index contributed by atoms with van der Waals surface area (Å²) >= 11 is 0. The highest BCUT2D eigenvalue weighted by atomic mass is 16.2. The molecule has 1 aromatic carbocycles. The van der Waals surface area contributed by atoms with Gasteiger partial charge in [0.1, 0.15) is 6.04 Å². The molecule has 1 aliphatic heterocycles.